The van der Waals surface area contributed by atoms with Crippen LogP contribution in [0.4, 0.5) is 11.5 Å². The van der Waals surface area contributed by atoms with E-state index in [1.165, 1.54) is 34.2 Å². The summed E-state index contributed by atoms with van der Waals surface area (Å²) in [6, 6.07) is 8.30. The summed E-state index contributed by atoms with van der Waals surface area (Å²) >= 11 is 1.82. The van der Waals surface area contributed by atoms with Crippen LogP contribution in [0.5, 0.6) is 0 Å². The normalized spacial score (nSPS) is 13.7. The largest absolute Gasteiger partial charge is 0.339 e. The lowest BCUT2D eigenvalue weighted by Gasteiger charge is -2.10. The number of fused-ring (bicyclic) bond motifs is 3. The highest BCUT2D eigenvalue weighted by molar-refractivity contribution is 7.19. The van der Waals surface area contributed by atoms with Crippen LogP contribution in [0.3, 0.4) is 0 Å². The van der Waals surface area contributed by atoms with Gasteiger partial charge in [0.05, 0.1) is 5.39 Å². The first-order valence-electron chi connectivity index (χ1n) is 6.91. The van der Waals surface area contributed by atoms with E-state index in [-0.39, 0.29) is 0 Å². The van der Waals surface area contributed by atoms with Crippen molar-refractivity contribution in [2.24, 2.45) is 0 Å². The van der Waals surface area contributed by atoms with E-state index in [4.69, 9.17) is 0 Å². The molecule has 0 fully saturated rings. The Morgan fingerprint density at radius 2 is 2.05 bits per heavy atom. The zero-order valence-corrected chi connectivity index (χ0v) is 12.1. The monoisotopic (exact) mass is 281 g/mol. The van der Waals surface area contributed by atoms with Gasteiger partial charge in [0.2, 0.25) is 0 Å². The minimum atomic E-state index is 0.948. The summed E-state index contributed by atoms with van der Waals surface area (Å²) in [5, 5.41) is 4.72. The van der Waals surface area contributed by atoms with Crippen molar-refractivity contribution in [1.82, 2.24) is 9.97 Å². The van der Waals surface area contributed by atoms with Crippen LogP contribution in [0.15, 0.2) is 30.6 Å². The number of hydrogen-bond acceptors (Lipinski definition) is 4. The van der Waals surface area contributed by atoms with Crippen LogP contribution >= 0.6 is 11.3 Å². The van der Waals surface area contributed by atoms with Crippen LogP contribution in [-0.4, -0.2) is 9.97 Å². The second-order valence-corrected chi connectivity index (χ2v) is 6.28. The predicted molar refractivity (Wildman–Crippen MR) is 83.9 cm³/mol. The van der Waals surface area contributed by atoms with Crippen molar-refractivity contribution >= 4 is 33.1 Å². The Kier molecular flexibility index (Phi) is 2.70. The number of anilines is 2. The van der Waals surface area contributed by atoms with Crippen molar-refractivity contribution < 1.29 is 0 Å². The molecule has 0 saturated heterocycles. The van der Waals surface area contributed by atoms with Gasteiger partial charge in [-0.2, -0.15) is 0 Å². The van der Waals surface area contributed by atoms with E-state index < -0.39 is 0 Å². The van der Waals surface area contributed by atoms with Crippen molar-refractivity contribution in [1.29, 1.82) is 0 Å². The number of aryl methyl sites for hydroxylation is 3. The van der Waals surface area contributed by atoms with Crippen molar-refractivity contribution in [2.75, 3.05) is 5.32 Å². The van der Waals surface area contributed by atoms with E-state index in [1.54, 1.807) is 6.33 Å². The van der Waals surface area contributed by atoms with E-state index in [0.717, 1.165) is 22.8 Å². The van der Waals surface area contributed by atoms with Crippen molar-refractivity contribution in [3.05, 3.63) is 46.6 Å². The van der Waals surface area contributed by atoms with E-state index in [1.807, 2.05) is 17.4 Å². The quantitative estimate of drug-likeness (QED) is 0.763. The molecule has 0 spiro atoms. The highest BCUT2D eigenvalue weighted by Crippen LogP contribution is 2.39. The summed E-state index contributed by atoms with van der Waals surface area (Å²) in [5.41, 5.74) is 3.80. The van der Waals surface area contributed by atoms with E-state index >= 15 is 0 Å². The number of rotatable bonds is 2. The molecular formula is C16H15N3S. The maximum Gasteiger partial charge on any atom is 0.142 e. The molecule has 100 valence electrons. The molecule has 4 heteroatoms. The summed E-state index contributed by atoms with van der Waals surface area (Å²) in [6.45, 7) is 2.11. The fourth-order valence-electron chi connectivity index (χ4n) is 2.86. The molecule has 4 rings (SSSR count). The number of nitrogens with one attached hydrogen (secondary N) is 1. The third-order valence-electron chi connectivity index (χ3n) is 3.90. The fourth-order valence-corrected chi connectivity index (χ4v) is 4.09. The summed E-state index contributed by atoms with van der Waals surface area (Å²) in [4.78, 5) is 11.5. The third-order valence-corrected chi connectivity index (χ3v) is 5.10. The molecule has 0 saturated carbocycles. The Labute approximate surface area is 121 Å². The first-order chi connectivity index (χ1) is 9.83. The van der Waals surface area contributed by atoms with Gasteiger partial charge in [0.25, 0.3) is 0 Å². The fraction of sp³-hybridized carbons (Fsp3) is 0.250. The molecule has 1 aliphatic rings. The summed E-state index contributed by atoms with van der Waals surface area (Å²) in [5.74, 6) is 0.948. The van der Waals surface area contributed by atoms with Crippen LogP contribution in [0.1, 0.15) is 22.4 Å². The lowest BCUT2D eigenvalue weighted by molar-refractivity contribution is 0.917. The molecule has 0 amide bonds. The Hall–Kier alpha value is -1.94. The van der Waals surface area contributed by atoms with Gasteiger partial charge in [-0.3, -0.25) is 0 Å². The molecule has 20 heavy (non-hydrogen) atoms. The van der Waals surface area contributed by atoms with E-state index in [9.17, 15) is 0 Å². The SMILES string of the molecule is Cc1ccccc1Nc1ncnc2sc3c(c12)CCC3. The van der Waals surface area contributed by atoms with Gasteiger partial charge >= 0.3 is 0 Å². The van der Waals surface area contributed by atoms with Crippen molar-refractivity contribution in [2.45, 2.75) is 26.2 Å². The second kappa shape index (κ2) is 4.56. The molecule has 1 aromatic carbocycles. The van der Waals surface area contributed by atoms with Gasteiger partial charge in [0.1, 0.15) is 17.0 Å². The van der Waals surface area contributed by atoms with Gasteiger partial charge < -0.3 is 5.32 Å². The maximum atomic E-state index is 4.48. The number of para-hydroxylation sites is 1. The molecule has 1 aliphatic carbocycles. The first kappa shape index (κ1) is 11.9. The number of benzene rings is 1. The number of aromatic nitrogens is 2. The first-order valence-corrected chi connectivity index (χ1v) is 7.72. The van der Waals surface area contributed by atoms with Gasteiger partial charge in [0, 0.05) is 10.6 Å². The maximum absolute atomic E-state index is 4.48. The van der Waals surface area contributed by atoms with Gasteiger partial charge in [-0.05, 0) is 43.4 Å². The highest BCUT2D eigenvalue weighted by Gasteiger charge is 2.21. The lowest BCUT2D eigenvalue weighted by atomic mass is 10.1. The van der Waals surface area contributed by atoms with Crippen LogP contribution < -0.4 is 5.32 Å². The average Bonchev–Trinajstić information content (AvgIpc) is 3.02. The Morgan fingerprint density at radius 3 is 2.95 bits per heavy atom. The Bertz CT molecular complexity index is 792. The molecule has 0 aliphatic heterocycles. The number of hydrogen-bond donors (Lipinski definition) is 1. The van der Waals surface area contributed by atoms with Crippen LogP contribution in [0.2, 0.25) is 0 Å². The zero-order valence-electron chi connectivity index (χ0n) is 11.3. The number of nitrogens with zero attached hydrogens (tertiary/aromatic N) is 2. The molecule has 2 heterocycles. The summed E-state index contributed by atoms with van der Waals surface area (Å²) in [7, 11) is 0. The zero-order chi connectivity index (χ0) is 13.5. The Balaban J connectivity index is 1.86. The molecule has 1 N–H and O–H groups in total. The van der Waals surface area contributed by atoms with Gasteiger partial charge in [-0.1, -0.05) is 18.2 Å². The lowest BCUT2D eigenvalue weighted by Crippen LogP contribution is -1.97. The molecule has 3 nitrogen and oxygen atoms in total. The molecule has 3 aromatic rings. The standard InChI is InChI=1S/C16H15N3S/c1-10-5-2-3-7-12(10)19-15-14-11-6-4-8-13(11)20-16(14)18-9-17-15/h2-3,5,7,9H,4,6,8H2,1H3,(H,17,18,19). The molecule has 0 atom stereocenters. The van der Waals surface area contributed by atoms with Gasteiger partial charge in [0.15, 0.2) is 0 Å². The second-order valence-electron chi connectivity index (χ2n) is 5.20. The average molecular weight is 281 g/mol. The van der Waals surface area contributed by atoms with Gasteiger partial charge in [-0.15, -0.1) is 11.3 Å². The summed E-state index contributed by atoms with van der Waals surface area (Å²) < 4.78 is 0. The third kappa shape index (κ3) is 1.79. The molecule has 0 unspecified atom stereocenters. The predicted octanol–water partition coefficient (Wildman–Crippen LogP) is 4.23. The summed E-state index contributed by atoms with van der Waals surface area (Å²) in [6.07, 6.45) is 5.27. The van der Waals surface area contributed by atoms with E-state index in [2.05, 4.69) is 40.4 Å². The van der Waals surface area contributed by atoms with Crippen LogP contribution in [-0.2, 0) is 12.8 Å². The highest BCUT2D eigenvalue weighted by atomic mass is 32.1. The molecule has 0 bridgehead atoms. The van der Waals surface area contributed by atoms with E-state index in [0.29, 0.717) is 0 Å². The van der Waals surface area contributed by atoms with Crippen LogP contribution in [0.25, 0.3) is 10.2 Å². The molecular weight excluding hydrogens is 266 g/mol. The van der Waals surface area contributed by atoms with Crippen LogP contribution in [0, 0.1) is 6.92 Å². The van der Waals surface area contributed by atoms with Crippen molar-refractivity contribution in [3.8, 4) is 0 Å². The number of thiophene rings is 1. The molecule has 0 radical (unpaired) electrons. The smallest absolute Gasteiger partial charge is 0.142 e. The molecule has 2 aromatic heterocycles. The van der Waals surface area contributed by atoms with Gasteiger partial charge in [-0.25, -0.2) is 9.97 Å². The topological polar surface area (TPSA) is 37.8 Å². The minimum absolute atomic E-state index is 0.948. The van der Waals surface area contributed by atoms with Crippen molar-refractivity contribution in [3.63, 3.8) is 0 Å². The minimum Gasteiger partial charge on any atom is -0.339 e. The Morgan fingerprint density at radius 1 is 1.15 bits per heavy atom.